The second-order valence-electron chi connectivity index (χ2n) is 3.71. The third-order valence-electron chi connectivity index (χ3n) is 2.36. The number of hydrogen-bond donors (Lipinski definition) is 1. The van der Waals surface area contributed by atoms with Crippen molar-refractivity contribution in [1.29, 1.82) is 0 Å². The molecule has 0 bridgehead atoms. The predicted octanol–water partition coefficient (Wildman–Crippen LogP) is 5.37. The highest BCUT2D eigenvalue weighted by molar-refractivity contribution is 9.11. The third-order valence-corrected chi connectivity index (χ3v) is 4.12. The molecule has 0 unspecified atom stereocenters. The van der Waals surface area contributed by atoms with E-state index >= 15 is 0 Å². The highest BCUT2D eigenvalue weighted by Gasteiger charge is 2.10. The maximum atomic E-state index is 13.1. The molecule has 0 aromatic heterocycles. The maximum Gasteiger partial charge on any atom is 0.255 e. The molecule has 0 spiro atoms. The molecular formula is C13H7Br3FNO. The molecule has 0 fully saturated rings. The van der Waals surface area contributed by atoms with Gasteiger partial charge < -0.3 is 5.32 Å². The van der Waals surface area contributed by atoms with Gasteiger partial charge in [0.2, 0.25) is 0 Å². The fourth-order valence-electron chi connectivity index (χ4n) is 1.42. The van der Waals surface area contributed by atoms with Crippen LogP contribution in [0.4, 0.5) is 10.1 Å². The Morgan fingerprint density at radius 3 is 2.37 bits per heavy atom. The molecule has 2 aromatic rings. The Morgan fingerprint density at radius 1 is 1.00 bits per heavy atom. The molecule has 1 N–H and O–H groups in total. The molecule has 0 radical (unpaired) electrons. The summed E-state index contributed by atoms with van der Waals surface area (Å²) in [6, 6.07) is 9.54. The molecule has 0 saturated carbocycles. The third kappa shape index (κ3) is 3.64. The van der Waals surface area contributed by atoms with Crippen LogP contribution in [0.25, 0.3) is 0 Å². The average Bonchev–Trinajstić information content (AvgIpc) is 2.36. The number of carbonyl (C=O) groups is 1. The summed E-state index contributed by atoms with van der Waals surface area (Å²) in [5.74, 6) is -0.704. The quantitative estimate of drug-likeness (QED) is 0.653. The van der Waals surface area contributed by atoms with Gasteiger partial charge in [-0.2, -0.15) is 0 Å². The van der Waals surface area contributed by atoms with E-state index in [9.17, 15) is 9.18 Å². The van der Waals surface area contributed by atoms with Crippen molar-refractivity contribution >= 4 is 59.4 Å². The summed E-state index contributed by atoms with van der Waals surface area (Å²) in [6.07, 6.45) is 0. The molecule has 0 saturated heterocycles. The zero-order chi connectivity index (χ0) is 14.0. The van der Waals surface area contributed by atoms with E-state index in [0.717, 1.165) is 8.95 Å². The van der Waals surface area contributed by atoms with Crippen molar-refractivity contribution in [1.82, 2.24) is 0 Å². The molecule has 19 heavy (non-hydrogen) atoms. The van der Waals surface area contributed by atoms with Crippen LogP contribution in [0.2, 0.25) is 0 Å². The van der Waals surface area contributed by atoms with Gasteiger partial charge in [-0.25, -0.2) is 4.39 Å². The normalized spacial score (nSPS) is 10.3. The van der Waals surface area contributed by atoms with Crippen LogP contribution < -0.4 is 5.32 Å². The van der Waals surface area contributed by atoms with E-state index in [1.54, 1.807) is 6.07 Å². The van der Waals surface area contributed by atoms with Crippen molar-refractivity contribution in [2.75, 3.05) is 5.32 Å². The van der Waals surface area contributed by atoms with Crippen LogP contribution in [0.3, 0.4) is 0 Å². The largest absolute Gasteiger partial charge is 0.321 e. The lowest BCUT2D eigenvalue weighted by molar-refractivity contribution is 0.102. The van der Waals surface area contributed by atoms with Gasteiger partial charge in [-0.05, 0) is 68.3 Å². The number of benzene rings is 2. The SMILES string of the molecule is O=C(Nc1ccc(Br)cc1Br)c1ccc(F)c(Br)c1. The van der Waals surface area contributed by atoms with Gasteiger partial charge in [0.15, 0.2) is 0 Å². The van der Waals surface area contributed by atoms with Gasteiger partial charge in [0, 0.05) is 14.5 Å². The molecule has 98 valence electrons. The van der Waals surface area contributed by atoms with Crippen LogP contribution in [0, 0.1) is 5.82 Å². The number of nitrogens with one attached hydrogen (secondary N) is 1. The molecule has 2 aromatic carbocycles. The van der Waals surface area contributed by atoms with Crippen molar-refractivity contribution in [3.63, 3.8) is 0 Å². The average molecular weight is 452 g/mol. The highest BCUT2D eigenvalue weighted by atomic mass is 79.9. The Labute approximate surface area is 134 Å². The van der Waals surface area contributed by atoms with Gasteiger partial charge in [0.05, 0.1) is 10.2 Å². The Bertz CT molecular complexity index is 646. The molecular weight excluding hydrogens is 445 g/mol. The summed E-state index contributed by atoms with van der Waals surface area (Å²) in [4.78, 5) is 12.0. The van der Waals surface area contributed by atoms with Crippen molar-refractivity contribution in [3.8, 4) is 0 Å². The monoisotopic (exact) mass is 449 g/mol. The van der Waals surface area contributed by atoms with E-state index in [2.05, 4.69) is 53.1 Å². The van der Waals surface area contributed by atoms with E-state index in [0.29, 0.717) is 11.3 Å². The van der Waals surface area contributed by atoms with E-state index in [4.69, 9.17) is 0 Å². The van der Waals surface area contributed by atoms with Crippen LogP contribution in [0.15, 0.2) is 49.8 Å². The maximum absolute atomic E-state index is 13.1. The molecule has 0 aliphatic carbocycles. The smallest absolute Gasteiger partial charge is 0.255 e. The van der Waals surface area contributed by atoms with Crippen molar-refractivity contribution in [2.45, 2.75) is 0 Å². The first-order valence-electron chi connectivity index (χ1n) is 5.19. The van der Waals surface area contributed by atoms with Crippen molar-refractivity contribution in [3.05, 3.63) is 61.2 Å². The minimum Gasteiger partial charge on any atom is -0.321 e. The van der Waals surface area contributed by atoms with Gasteiger partial charge in [0.25, 0.3) is 5.91 Å². The number of carbonyl (C=O) groups excluding carboxylic acids is 1. The topological polar surface area (TPSA) is 29.1 Å². The molecule has 0 atom stereocenters. The Kier molecular flexibility index (Phi) is 4.76. The van der Waals surface area contributed by atoms with E-state index in [1.165, 1.54) is 18.2 Å². The summed E-state index contributed by atoms with van der Waals surface area (Å²) in [7, 11) is 0. The number of halogens is 4. The second-order valence-corrected chi connectivity index (χ2v) is 6.33. The highest BCUT2D eigenvalue weighted by Crippen LogP contribution is 2.27. The molecule has 0 heterocycles. The molecule has 2 rings (SSSR count). The van der Waals surface area contributed by atoms with Gasteiger partial charge in [-0.3, -0.25) is 4.79 Å². The first-order chi connectivity index (χ1) is 8.97. The van der Waals surface area contributed by atoms with Crippen molar-refractivity contribution < 1.29 is 9.18 Å². The summed E-state index contributed by atoms with van der Waals surface area (Å²) >= 11 is 9.75. The molecule has 1 amide bonds. The predicted molar refractivity (Wildman–Crippen MR) is 83.9 cm³/mol. The van der Waals surface area contributed by atoms with Crippen LogP contribution in [-0.2, 0) is 0 Å². The van der Waals surface area contributed by atoms with Crippen LogP contribution in [0.1, 0.15) is 10.4 Å². The second kappa shape index (κ2) is 6.15. The Balaban J connectivity index is 2.23. The van der Waals surface area contributed by atoms with E-state index in [-0.39, 0.29) is 10.4 Å². The fourth-order valence-corrected chi connectivity index (χ4v) is 2.95. The van der Waals surface area contributed by atoms with Gasteiger partial charge in [-0.15, -0.1) is 0 Å². The van der Waals surface area contributed by atoms with E-state index in [1.807, 2.05) is 12.1 Å². The fraction of sp³-hybridized carbons (Fsp3) is 0. The van der Waals surface area contributed by atoms with Crippen LogP contribution in [0.5, 0.6) is 0 Å². The number of rotatable bonds is 2. The Morgan fingerprint density at radius 2 is 1.74 bits per heavy atom. The Hall–Kier alpha value is -0.720. The van der Waals surface area contributed by atoms with Gasteiger partial charge >= 0.3 is 0 Å². The molecule has 6 heteroatoms. The van der Waals surface area contributed by atoms with Gasteiger partial charge in [-0.1, -0.05) is 15.9 Å². The first-order valence-corrected chi connectivity index (χ1v) is 7.57. The summed E-state index contributed by atoms with van der Waals surface area (Å²) < 4.78 is 15.0. The lowest BCUT2D eigenvalue weighted by Gasteiger charge is -2.08. The zero-order valence-electron chi connectivity index (χ0n) is 9.38. The standard InChI is InChI=1S/C13H7Br3FNO/c14-8-2-4-12(10(16)6-8)18-13(19)7-1-3-11(17)9(15)5-7/h1-6H,(H,18,19). The number of hydrogen-bond acceptors (Lipinski definition) is 1. The molecule has 0 aliphatic heterocycles. The molecule has 0 aliphatic rings. The van der Waals surface area contributed by atoms with Gasteiger partial charge in [0.1, 0.15) is 5.82 Å². The lowest BCUT2D eigenvalue weighted by atomic mass is 10.2. The van der Waals surface area contributed by atoms with Crippen LogP contribution >= 0.6 is 47.8 Å². The van der Waals surface area contributed by atoms with Crippen molar-refractivity contribution in [2.24, 2.45) is 0 Å². The number of anilines is 1. The first kappa shape index (κ1) is 14.7. The summed E-state index contributed by atoms with van der Waals surface area (Å²) in [5.41, 5.74) is 1.02. The minimum atomic E-state index is -0.402. The van der Waals surface area contributed by atoms with E-state index < -0.39 is 5.82 Å². The zero-order valence-corrected chi connectivity index (χ0v) is 14.1. The van der Waals surface area contributed by atoms with Crippen LogP contribution in [-0.4, -0.2) is 5.91 Å². The molecule has 2 nitrogen and oxygen atoms in total. The number of amides is 1. The minimum absolute atomic E-state index is 0.259. The lowest BCUT2D eigenvalue weighted by Crippen LogP contribution is -2.12. The summed E-state index contributed by atoms with van der Waals surface area (Å²) in [6.45, 7) is 0. The summed E-state index contributed by atoms with van der Waals surface area (Å²) in [5, 5.41) is 2.75.